The molecule has 0 spiro atoms. The van der Waals surface area contributed by atoms with Crippen LogP contribution in [0.1, 0.15) is 43.3 Å². The molecule has 7 nitrogen and oxygen atoms in total. The average Bonchev–Trinajstić information content (AvgIpc) is 3.21. The van der Waals surface area contributed by atoms with Gasteiger partial charge in [-0.25, -0.2) is 4.79 Å². The van der Waals surface area contributed by atoms with Crippen molar-refractivity contribution in [2.24, 2.45) is 0 Å². The Bertz CT molecular complexity index is 809. The van der Waals surface area contributed by atoms with E-state index in [0.29, 0.717) is 12.6 Å². The number of rotatable bonds is 4. The molecule has 1 atom stereocenters. The highest BCUT2D eigenvalue weighted by atomic mass is 16.2. The first kappa shape index (κ1) is 18.9. The van der Waals surface area contributed by atoms with E-state index in [0.717, 1.165) is 44.8 Å². The molecule has 1 aliphatic carbocycles. The molecular formula is C21H30N6O. The SMILES string of the molecule is CC(C)n1cnnc1CNC(=O)N1CCN([C@@H]2CCc3ccccc3C2)CC1. The Labute approximate surface area is 166 Å². The van der Waals surface area contributed by atoms with Crippen LogP contribution in [0.15, 0.2) is 30.6 Å². The topological polar surface area (TPSA) is 66.3 Å². The smallest absolute Gasteiger partial charge is 0.317 e. The van der Waals surface area contributed by atoms with Crippen LogP contribution in [0.5, 0.6) is 0 Å². The van der Waals surface area contributed by atoms with E-state index >= 15 is 0 Å². The predicted octanol–water partition coefficient (Wildman–Crippen LogP) is 2.24. The summed E-state index contributed by atoms with van der Waals surface area (Å²) >= 11 is 0. The first-order chi connectivity index (χ1) is 13.6. The molecule has 4 rings (SSSR count). The lowest BCUT2D eigenvalue weighted by molar-refractivity contribution is 0.101. The van der Waals surface area contributed by atoms with E-state index in [1.165, 1.54) is 17.5 Å². The second-order valence-corrected chi connectivity index (χ2v) is 8.10. The Kier molecular flexibility index (Phi) is 5.62. The number of carbonyl (C=O) groups excluding carboxylic acids is 1. The van der Waals surface area contributed by atoms with E-state index in [1.54, 1.807) is 6.33 Å². The van der Waals surface area contributed by atoms with Gasteiger partial charge in [-0.3, -0.25) is 4.90 Å². The Morgan fingerprint density at radius 1 is 1.18 bits per heavy atom. The molecule has 0 unspecified atom stereocenters. The summed E-state index contributed by atoms with van der Waals surface area (Å²) in [6, 6.07) is 9.68. The van der Waals surface area contributed by atoms with E-state index in [4.69, 9.17) is 0 Å². The first-order valence-electron chi connectivity index (χ1n) is 10.3. The van der Waals surface area contributed by atoms with E-state index in [-0.39, 0.29) is 12.1 Å². The van der Waals surface area contributed by atoms with Crippen LogP contribution >= 0.6 is 0 Å². The van der Waals surface area contributed by atoms with Crippen LogP contribution in [0, 0.1) is 0 Å². The summed E-state index contributed by atoms with van der Waals surface area (Å²) < 4.78 is 1.99. The number of hydrogen-bond donors (Lipinski definition) is 1. The zero-order valence-electron chi connectivity index (χ0n) is 16.8. The van der Waals surface area contributed by atoms with Crippen LogP contribution in [0.25, 0.3) is 0 Å². The van der Waals surface area contributed by atoms with Gasteiger partial charge in [0, 0.05) is 38.3 Å². The number of urea groups is 1. The summed E-state index contributed by atoms with van der Waals surface area (Å²) in [4.78, 5) is 17.0. The monoisotopic (exact) mass is 382 g/mol. The van der Waals surface area contributed by atoms with Crippen molar-refractivity contribution in [2.45, 2.75) is 51.7 Å². The molecule has 2 aliphatic rings. The minimum absolute atomic E-state index is 0.00746. The Morgan fingerprint density at radius 2 is 1.93 bits per heavy atom. The van der Waals surface area contributed by atoms with Crippen molar-refractivity contribution >= 4 is 6.03 Å². The third-order valence-corrected chi connectivity index (χ3v) is 6.04. The third kappa shape index (κ3) is 4.04. The molecule has 2 aromatic rings. The number of piperazine rings is 1. The van der Waals surface area contributed by atoms with Gasteiger partial charge in [-0.1, -0.05) is 24.3 Å². The fraction of sp³-hybridized carbons (Fsp3) is 0.571. The molecular weight excluding hydrogens is 352 g/mol. The summed E-state index contributed by atoms with van der Waals surface area (Å²) in [7, 11) is 0. The minimum atomic E-state index is -0.00746. The minimum Gasteiger partial charge on any atom is -0.331 e. The van der Waals surface area contributed by atoms with E-state index in [2.05, 4.69) is 58.5 Å². The van der Waals surface area contributed by atoms with Crippen LogP contribution in [-0.4, -0.2) is 62.8 Å². The quantitative estimate of drug-likeness (QED) is 0.881. The zero-order valence-corrected chi connectivity index (χ0v) is 16.8. The lowest BCUT2D eigenvalue weighted by Gasteiger charge is -2.41. The lowest BCUT2D eigenvalue weighted by Crippen LogP contribution is -2.55. The van der Waals surface area contributed by atoms with Crippen LogP contribution < -0.4 is 5.32 Å². The largest absolute Gasteiger partial charge is 0.331 e. The molecule has 150 valence electrons. The molecule has 1 aliphatic heterocycles. The van der Waals surface area contributed by atoms with Crippen molar-refractivity contribution in [3.8, 4) is 0 Å². The highest BCUT2D eigenvalue weighted by Gasteiger charge is 2.28. The predicted molar refractivity (Wildman–Crippen MR) is 108 cm³/mol. The summed E-state index contributed by atoms with van der Waals surface area (Å²) in [6.45, 7) is 8.03. The van der Waals surface area contributed by atoms with Gasteiger partial charge in [0.1, 0.15) is 6.33 Å². The number of nitrogens with one attached hydrogen (secondary N) is 1. The number of aromatic nitrogens is 3. The molecule has 1 saturated heterocycles. The van der Waals surface area contributed by atoms with Gasteiger partial charge < -0.3 is 14.8 Å². The van der Waals surface area contributed by atoms with Crippen molar-refractivity contribution in [3.05, 3.63) is 47.5 Å². The number of fused-ring (bicyclic) bond motifs is 1. The molecule has 0 radical (unpaired) electrons. The molecule has 1 aromatic heterocycles. The Morgan fingerprint density at radius 3 is 2.68 bits per heavy atom. The van der Waals surface area contributed by atoms with Gasteiger partial charge in [-0.15, -0.1) is 10.2 Å². The maximum Gasteiger partial charge on any atom is 0.317 e. The van der Waals surface area contributed by atoms with E-state index in [9.17, 15) is 4.79 Å². The second-order valence-electron chi connectivity index (χ2n) is 8.10. The van der Waals surface area contributed by atoms with Crippen molar-refractivity contribution in [1.29, 1.82) is 0 Å². The van der Waals surface area contributed by atoms with Gasteiger partial charge in [-0.05, 0) is 44.2 Å². The fourth-order valence-corrected chi connectivity index (χ4v) is 4.37. The number of nitrogens with zero attached hydrogens (tertiary/aromatic N) is 5. The maximum absolute atomic E-state index is 12.6. The average molecular weight is 383 g/mol. The highest BCUT2D eigenvalue weighted by Crippen LogP contribution is 2.25. The van der Waals surface area contributed by atoms with Gasteiger partial charge in [0.2, 0.25) is 0 Å². The van der Waals surface area contributed by atoms with Crippen molar-refractivity contribution < 1.29 is 4.79 Å². The molecule has 1 N–H and O–H groups in total. The first-order valence-corrected chi connectivity index (χ1v) is 10.3. The van der Waals surface area contributed by atoms with E-state index in [1.807, 2.05) is 9.47 Å². The molecule has 28 heavy (non-hydrogen) atoms. The van der Waals surface area contributed by atoms with Gasteiger partial charge >= 0.3 is 6.03 Å². The van der Waals surface area contributed by atoms with Crippen LogP contribution in [0.3, 0.4) is 0 Å². The van der Waals surface area contributed by atoms with Crippen molar-refractivity contribution in [1.82, 2.24) is 29.9 Å². The molecule has 0 bridgehead atoms. The Hall–Kier alpha value is -2.41. The molecule has 2 amide bonds. The standard InChI is InChI=1S/C21H30N6O/c1-16(2)27-15-23-24-20(27)14-22-21(28)26-11-9-25(10-12-26)19-8-7-17-5-3-4-6-18(17)13-19/h3-6,15-16,19H,7-14H2,1-2H3,(H,22,28)/t19-/m1/s1. The van der Waals surface area contributed by atoms with Gasteiger partial charge in [0.25, 0.3) is 0 Å². The van der Waals surface area contributed by atoms with Crippen LogP contribution in [0.2, 0.25) is 0 Å². The number of aryl methyl sites for hydroxylation is 1. The van der Waals surface area contributed by atoms with Crippen molar-refractivity contribution in [3.63, 3.8) is 0 Å². The molecule has 1 fully saturated rings. The maximum atomic E-state index is 12.6. The highest BCUT2D eigenvalue weighted by molar-refractivity contribution is 5.74. The number of benzene rings is 1. The molecule has 0 saturated carbocycles. The zero-order chi connectivity index (χ0) is 19.5. The van der Waals surface area contributed by atoms with Crippen LogP contribution in [0.4, 0.5) is 4.79 Å². The molecule has 7 heteroatoms. The van der Waals surface area contributed by atoms with Gasteiger partial charge in [0.15, 0.2) is 5.82 Å². The fourth-order valence-electron chi connectivity index (χ4n) is 4.37. The van der Waals surface area contributed by atoms with Gasteiger partial charge in [-0.2, -0.15) is 0 Å². The number of hydrogen-bond acceptors (Lipinski definition) is 4. The normalized spacial score (nSPS) is 20.2. The lowest BCUT2D eigenvalue weighted by atomic mass is 9.87. The molecule has 1 aromatic carbocycles. The van der Waals surface area contributed by atoms with Crippen LogP contribution in [-0.2, 0) is 19.4 Å². The number of amides is 2. The summed E-state index contributed by atoms with van der Waals surface area (Å²) in [5.74, 6) is 0.794. The van der Waals surface area contributed by atoms with Crippen molar-refractivity contribution in [2.75, 3.05) is 26.2 Å². The summed E-state index contributed by atoms with van der Waals surface area (Å²) in [5, 5.41) is 11.1. The number of carbonyl (C=O) groups is 1. The second kappa shape index (κ2) is 8.31. The Balaban J connectivity index is 1.26. The molecule has 2 heterocycles. The third-order valence-electron chi connectivity index (χ3n) is 6.04. The van der Waals surface area contributed by atoms with E-state index < -0.39 is 0 Å². The summed E-state index contributed by atoms with van der Waals surface area (Å²) in [5.41, 5.74) is 3.00. The summed E-state index contributed by atoms with van der Waals surface area (Å²) in [6.07, 6.45) is 5.23. The van der Waals surface area contributed by atoms with Gasteiger partial charge in [0.05, 0.1) is 6.54 Å².